The minimum Gasteiger partial charge on any atom is -0.250 e. The molecule has 2 aromatic carbocycles. The van der Waals surface area contributed by atoms with Gasteiger partial charge in [-0.3, -0.25) is 4.99 Å². The molecule has 73 heavy (non-hydrogen) atoms. The van der Waals surface area contributed by atoms with Crippen molar-refractivity contribution in [3.63, 3.8) is 0 Å². The molecule has 0 saturated carbocycles. The first-order valence-electron chi connectivity index (χ1n) is 31.8. The summed E-state index contributed by atoms with van der Waals surface area (Å²) in [6.45, 7) is 9.20. The van der Waals surface area contributed by atoms with Gasteiger partial charge in [0, 0.05) is 22.9 Å². The van der Waals surface area contributed by atoms with Gasteiger partial charge >= 0.3 is 0 Å². The molecule has 0 heterocycles. The summed E-state index contributed by atoms with van der Waals surface area (Å²) >= 11 is 0. The van der Waals surface area contributed by atoms with Crippen molar-refractivity contribution in [2.24, 2.45) is 9.98 Å². The summed E-state index contributed by atoms with van der Waals surface area (Å²) in [4.78, 5) is 11.0. The van der Waals surface area contributed by atoms with Gasteiger partial charge in [0.25, 0.3) is 0 Å². The average Bonchev–Trinajstić information content (AvgIpc) is 3.40. The zero-order valence-electron chi connectivity index (χ0n) is 48.7. The fourth-order valence-electron chi connectivity index (χ4n) is 10.0. The molecular weight excluding hydrogens is 927 g/mol. The van der Waals surface area contributed by atoms with E-state index in [-0.39, 0.29) is 16.5 Å². The number of nitrogens with zero attached hydrogens (tertiary/aromatic N) is 2. The van der Waals surface area contributed by atoms with Gasteiger partial charge in [0.1, 0.15) is 5.71 Å². The average molecular weight is 1040 g/mol. The van der Waals surface area contributed by atoms with Crippen molar-refractivity contribution in [3.05, 3.63) is 84.0 Å². The maximum Gasteiger partial charge on any atom is 0.135 e. The Morgan fingerprint density at radius 2 is 0.671 bits per heavy atom. The van der Waals surface area contributed by atoms with Gasteiger partial charge in [0.05, 0.1) is 17.1 Å². The van der Waals surface area contributed by atoms with E-state index in [1.807, 2.05) is 0 Å². The molecule has 416 valence electrons. The Bertz CT molecular complexity index is 1690. The van der Waals surface area contributed by atoms with Crippen LogP contribution in [0.15, 0.2) is 82.8 Å². The molecule has 0 aromatic heterocycles. The summed E-state index contributed by atoms with van der Waals surface area (Å²) < 4.78 is 0. The van der Waals surface area contributed by atoms with Crippen LogP contribution in [0.4, 0.5) is 11.4 Å². The molecule has 0 spiro atoms. The summed E-state index contributed by atoms with van der Waals surface area (Å²) in [5.41, 5.74) is 6.75. The summed E-state index contributed by atoms with van der Waals surface area (Å²) in [6, 6.07) is 17.7. The van der Waals surface area contributed by atoms with Gasteiger partial charge in [-0.25, -0.2) is 4.99 Å². The Hall–Kier alpha value is -2.69. The van der Waals surface area contributed by atoms with Gasteiger partial charge in [-0.05, 0) is 113 Å². The quantitative estimate of drug-likeness (QED) is 0.0207. The first-order valence-corrected chi connectivity index (χ1v) is 31.8. The Labute approximate surface area is 465 Å². The third kappa shape index (κ3) is 41.2. The van der Waals surface area contributed by atoms with Crippen LogP contribution in [0.1, 0.15) is 321 Å². The molecule has 2 nitrogen and oxygen atoms in total. The fourth-order valence-corrected chi connectivity index (χ4v) is 10.0. The van der Waals surface area contributed by atoms with Crippen molar-refractivity contribution >= 4 is 22.8 Å². The van der Waals surface area contributed by atoms with E-state index in [4.69, 9.17) is 9.98 Å². The van der Waals surface area contributed by atoms with E-state index in [9.17, 15) is 0 Å². The van der Waals surface area contributed by atoms with Gasteiger partial charge in [-0.1, -0.05) is 300 Å². The predicted molar refractivity (Wildman–Crippen MR) is 326 cm³/mol. The number of benzene rings is 2. The van der Waals surface area contributed by atoms with E-state index in [1.54, 1.807) is 0 Å². The zero-order valence-corrected chi connectivity index (χ0v) is 49.7. The minimum absolute atomic E-state index is 0. The van der Waals surface area contributed by atoms with Crippen molar-refractivity contribution in [2.75, 3.05) is 0 Å². The van der Waals surface area contributed by atoms with Crippen LogP contribution in [0.2, 0.25) is 0 Å². The smallest absolute Gasteiger partial charge is 0.135 e. The number of unbranched alkanes of at least 4 members (excludes halogenated alkanes) is 37. The molecule has 0 aliphatic heterocycles. The predicted octanol–water partition coefficient (Wildman–Crippen LogP) is 24.0. The molecular formula is C70H116N2Ni. The van der Waals surface area contributed by atoms with Crippen molar-refractivity contribution in [3.8, 4) is 11.8 Å². The van der Waals surface area contributed by atoms with Crippen LogP contribution in [-0.4, -0.2) is 11.4 Å². The van der Waals surface area contributed by atoms with Crippen molar-refractivity contribution in [1.82, 2.24) is 0 Å². The van der Waals surface area contributed by atoms with Crippen LogP contribution in [0.5, 0.6) is 0 Å². The van der Waals surface area contributed by atoms with Gasteiger partial charge in [-0.15, -0.1) is 0 Å². The molecule has 0 N–H and O–H groups in total. The van der Waals surface area contributed by atoms with Gasteiger partial charge in [0.2, 0.25) is 0 Å². The number of para-hydroxylation sites is 2. The standard InChI is InChI=1S/C70H116N2.Ni/c1-5-9-13-16-19-22-25-28-31-32-33-34-37-40-43-46-49-52-64-70(72-68-63-56-54-60-66(68)58-51-48-45-42-39-36-30-27-24-21-18-15-11-7-3)69(61-12-8-4)71-67-62-55-53-59-65(67)57-50-47-44-41-38-35-29-26-23-20-17-14-10-6-2;/h41-42,44-45,53-56,59-60,62-63H,5-40,43,46-51,57-58,61H2,1-4H3;/b44-41+,45-42+,71-69-,72-70+;. The third-order valence-electron chi connectivity index (χ3n) is 14.8. The minimum atomic E-state index is 0. The van der Waals surface area contributed by atoms with E-state index >= 15 is 0 Å². The molecule has 0 fully saturated rings. The van der Waals surface area contributed by atoms with Crippen LogP contribution < -0.4 is 0 Å². The monoisotopic (exact) mass is 1040 g/mol. The number of rotatable bonds is 50. The summed E-state index contributed by atoms with van der Waals surface area (Å²) in [7, 11) is 0. The molecule has 0 radical (unpaired) electrons. The number of hydrogen-bond donors (Lipinski definition) is 0. The third-order valence-corrected chi connectivity index (χ3v) is 14.8. The van der Waals surface area contributed by atoms with E-state index in [1.165, 1.54) is 242 Å². The van der Waals surface area contributed by atoms with Crippen LogP contribution in [0.3, 0.4) is 0 Å². The molecule has 3 heteroatoms. The van der Waals surface area contributed by atoms with Crippen LogP contribution >= 0.6 is 0 Å². The maximum absolute atomic E-state index is 5.50. The van der Waals surface area contributed by atoms with Crippen molar-refractivity contribution in [1.29, 1.82) is 0 Å². The van der Waals surface area contributed by atoms with E-state index in [2.05, 4.69) is 112 Å². The molecule has 0 unspecified atom stereocenters. The van der Waals surface area contributed by atoms with Crippen LogP contribution in [-0.2, 0) is 29.3 Å². The maximum atomic E-state index is 5.50. The molecule has 0 atom stereocenters. The first-order chi connectivity index (χ1) is 35.7. The zero-order chi connectivity index (χ0) is 51.3. The largest absolute Gasteiger partial charge is 0.250 e. The van der Waals surface area contributed by atoms with Crippen LogP contribution in [0.25, 0.3) is 0 Å². The Morgan fingerprint density at radius 3 is 1.05 bits per heavy atom. The SMILES string of the molecule is CCCCCCCCCCC/C=C/CCCc1ccccc1/N=C(CCCC)\C(C#CCCCCCCCCCCCCCCCCCC)=N\c1ccccc1CCC/C=C/CCCCCCCCCCC.[Ni]. The second-order valence-corrected chi connectivity index (χ2v) is 21.7. The summed E-state index contributed by atoms with van der Waals surface area (Å²) in [6.07, 6.45) is 70.1. The molecule has 0 saturated heterocycles. The van der Waals surface area contributed by atoms with E-state index in [0.29, 0.717) is 0 Å². The summed E-state index contributed by atoms with van der Waals surface area (Å²) in [5.74, 6) is 7.30. The van der Waals surface area contributed by atoms with Gasteiger partial charge in [-0.2, -0.15) is 0 Å². The topological polar surface area (TPSA) is 24.7 Å². The number of aryl methyl sites for hydroxylation is 2. The molecule has 0 bridgehead atoms. The van der Waals surface area contributed by atoms with Crippen LogP contribution in [0, 0.1) is 11.8 Å². The van der Waals surface area contributed by atoms with Crippen molar-refractivity contribution in [2.45, 2.75) is 323 Å². The second kappa shape index (κ2) is 54.1. The molecule has 2 aromatic rings. The fraction of sp³-hybridized carbons (Fsp3) is 0.714. The van der Waals surface area contributed by atoms with Gasteiger partial charge < -0.3 is 0 Å². The summed E-state index contributed by atoms with van der Waals surface area (Å²) in [5, 5.41) is 0. The Morgan fingerprint density at radius 1 is 0.356 bits per heavy atom. The normalized spacial score (nSPS) is 12.0. The van der Waals surface area contributed by atoms with E-state index < -0.39 is 0 Å². The van der Waals surface area contributed by atoms with Crippen molar-refractivity contribution < 1.29 is 16.5 Å². The number of aliphatic imine (C=N–C) groups is 2. The molecule has 0 amide bonds. The molecule has 0 aliphatic rings. The second-order valence-electron chi connectivity index (χ2n) is 21.7. The van der Waals surface area contributed by atoms with E-state index in [0.717, 1.165) is 87.0 Å². The first kappa shape index (κ1) is 68.3. The molecule has 2 rings (SSSR count). The number of hydrogen-bond acceptors (Lipinski definition) is 2. The molecule has 0 aliphatic carbocycles. The number of allylic oxidation sites excluding steroid dienone is 4. The Kier molecular flexibility index (Phi) is 50.7. The Balaban J connectivity index is 0.0000266. The van der Waals surface area contributed by atoms with Gasteiger partial charge in [0.15, 0.2) is 0 Å².